The first kappa shape index (κ1) is 15.8. The average molecular weight is 291 g/mol. The number of methoxy groups -OCH3 is 1. The molecule has 1 fully saturated rings. The number of nitrogens with two attached hydrogens (primary N) is 1. The molecule has 0 amide bonds. The molecule has 1 aromatic rings. The van der Waals surface area contributed by atoms with Crippen LogP contribution in [-0.4, -0.2) is 18.2 Å². The molecule has 4 nitrogen and oxygen atoms in total. The first-order valence-electron chi connectivity index (χ1n) is 7.66. The van der Waals surface area contributed by atoms with Crippen LogP contribution < -0.4 is 10.5 Å². The van der Waals surface area contributed by atoms with Crippen LogP contribution >= 0.6 is 0 Å². The minimum atomic E-state index is -0.709. The van der Waals surface area contributed by atoms with E-state index in [0.29, 0.717) is 0 Å². The number of carbonyl (C=O) groups is 1. The molecule has 1 unspecified atom stereocenters. The lowest BCUT2D eigenvalue weighted by Crippen LogP contribution is -2.31. The summed E-state index contributed by atoms with van der Waals surface area (Å²) in [5.74, 6) is 0.0997. The summed E-state index contributed by atoms with van der Waals surface area (Å²) < 4.78 is 5.15. The van der Waals surface area contributed by atoms with E-state index in [1.807, 2.05) is 24.3 Å². The van der Waals surface area contributed by atoms with Gasteiger partial charge in [0.15, 0.2) is 0 Å². The third kappa shape index (κ3) is 4.21. The van der Waals surface area contributed by atoms with Gasteiger partial charge in [0.25, 0.3) is 0 Å². The summed E-state index contributed by atoms with van der Waals surface area (Å²) >= 11 is 0. The Bertz CT molecular complexity index is 463. The van der Waals surface area contributed by atoms with E-state index in [9.17, 15) is 9.90 Å². The molecule has 0 radical (unpaired) electrons. The van der Waals surface area contributed by atoms with Crippen molar-refractivity contribution in [3.05, 3.63) is 29.8 Å². The number of ether oxygens (including phenoxy) is 1. The van der Waals surface area contributed by atoms with E-state index in [0.717, 1.165) is 43.4 Å². The average Bonchev–Trinajstić information content (AvgIpc) is 2.47. The third-order valence-electron chi connectivity index (χ3n) is 4.64. The number of hydrogen-bond acceptors (Lipinski definition) is 3. The van der Waals surface area contributed by atoms with Crippen molar-refractivity contribution >= 4 is 5.97 Å². The van der Waals surface area contributed by atoms with Crippen molar-refractivity contribution in [2.75, 3.05) is 7.11 Å². The molecule has 0 bridgehead atoms. The predicted molar refractivity (Wildman–Crippen MR) is 82.3 cm³/mol. The second kappa shape index (κ2) is 6.94. The lowest BCUT2D eigenvalue weighted by atomic mass is 9.67. The van der Waals surface area contributed by atoms with Crippen molar-refractivity contribution in [1.82, 2.24) is 0 Å². The van der Waals surface area contributed by atoms with Gasteiger partial charge in [0.05, 0.1) is 13.5 Å². The van der Waals surface area contributed by atoms with E-state index in [1.54, 1.807) is 7.11 Å². The summed E-state index contributed by atoms with van der Waals surface area (Å²) in [4.78, 5) is 11.2. The number of carboxylic acids is 1. The Balaban J connectivity index is 2.09. The quantitative estimate of drug-likeness (QED) is 0.841. The zero-order valence-corrected chi connectivity index (χ0v) is 12.7. The van der Waals surface area contributed by atoms with E-state index in [4.69, 9.17) is 10.5 Å². The molecule has 1 aliphatic carbocycles. The van der Waals surface area contributed by atoms with E-state index in [1.165, 1.54) is 6.42 Å². The lowest BCUT2D eigenvalue weighted by molar-refractivity contribution is -0.140. The molecule has 0 aromatic heterocycles. The summed E-state index contributed by atoms with van der Waals surface area (Å²) in [5, 5.41) is 9.23. The van der Waals surface area contributed by atoms with Gasteiger partial charge in [0, 0.05) is 6.04 Å². The van der Waals surface area contributed by atoms with Gasteiger partial charge in [-0.2, -0.15) is 0 Å². The number of aliphatic carboxylic acids is 1. The maximum absolute atomic E-state index is 11.2. The molecule has 0 spiro atoms. The molecular weight excluding hydrogens is 266 g/mol. The Kier molecular flexibility index (Phi) is 5.23. The fourth-order valence-electron chi connectivity index (χ4n) is 3.51. The highest BCUT2D eigenvalue weighted by Crippen LogP contribution is 2.45. The normalized spacial score (nSPS) is 19.0. The standard InChI is InChI=1S/C17H25NO3/c1-21-14-7-5-13(6-8-14)15(18)11-17(12-16(19)20)9-3-2-4-10-17/h5-8,15H,2-4,9-12,18H2,1H3,(H,19,20). The van der Waals surface area contributed by atoms with E-state index >= 15 is 0 Å². The monoisotopic (exact) mass is 291 g/mol. The van der Waals surface area contributed by atoms with Gasteiger partial charge in [-0.1, -0.05) is 31.4 Å². The second-order valence-corrected chi connectivity index (χ2v) is 6.21. The maximum atomic E-state index is 11.2. The van der Waals surface area contributed by atoms with Gasteiger partial charge in [0.2, 0.25) is 0 Å². The molecule has 116 valence electrons. The Labute approximate surface area is 126 Å². The van der Waals surface area contributed by atoms with Crippen LogP contribution in [0.5, 0.6) is 5.75 Å². The van der Waals surface area contributed by atoms with Crippen LogP contribution in [0.1, 0.15) is 56.6 Å². The topological polar surface area (TPSA) is 72.5 Å². The van der Waals surface area contributed by atoms with Crippen LogP contribution in [0.4, 0.5) is 0 Å². The largest absolute Gasteiger partial charge is 0.497 e. The second-order valence-electron chi connectivity index (χ2n) is 6.21. The van der Waals surface area contributed by atoms with Crippen molar-refractivity contribution in [2.24, 2.45) is 11.1 Å². The smallest absolute Gasteiger partial charge is 0.303 e. The highest BCUT2D eigenvalue weighted by molar-refractivity contribution is 5.67. The van der Waals surface area contributed by atoms with E-state index in [-0.39, 0.29) is 17.9 Å². The number of carboxylic acid groups (broad SMARTS) is 1. The van der Waals surface area contributed by atoms with Crippen LogP contribution in [0.2, 0.25) is 0 Å². The van der Waals surface area contributed by atoms with Gasteiger partial charge in [-0.05, 0) is 42.4 Å². The molecule has 1 atom stereocenters. The van der Waals surface area contributed by atoms with Crippen molar-refractivity contribution in [3.8, 4) is 5.75 Å². The van der Waals surface area contributed by atoms with Crippen molar-refractivity contribution in [2.45, 2.75) is 51.0 Å². The molecule has 3 N–H and O–H groups in total. The first-order chi connectivity index (χ1) is 10.0. The summed E-state index contributed by atoms with van der Waals surface area (Å²) in [5.41, 5.74) is 7.26. The lowest BCUT2D eigenvalue weighted by Gasteiger charge is -2.38. The first-order valence-corrected chi connectivity index (χ1v) is 7.66. The summed E-state index contributed by atoms with van der Waals surface area (Å²) in [6.07, 6.45) is 6.36. The van der Waals surface area contributed by atoms with Crippen molar-refractivity contribution < 1.29 is 14.6 Å². The van der Waals surface area contributed by atoms with Gasteiger partial charge >= 0.3 is 5.97 Å². The number of hydrogen-bond donors (Lipinski definition) is 2. The van der Waals surface area contributed by atoms with Crippen molar-refractivity contribution in [3.63, 3.8) is 0 Å². The zero-order chi connectivity index (χ0) is 15.3. The summed E-state index contributed by atoms with van der Waals surface area (Å²) in [6, 6.07) is 7.63. The molecule has 0 saturated heterocycles. The van der Waals surface area contributed by atoms with Crippen LogP contribution in [0.25, 0.3) is 0 Å². The Morgan fingerprint density at radius 1 is 1.29 bits per heavy atom. The van der Waals surface area contributed by atoms with Gasteiger partial charge < -0.3 is 15.6 Å². The van der Waals surface area contributed by atoms with Crippen LogP contribution in [0, 0.1) is 5.41 Å². The SMILES string of the molecule is COc1ccc(C(N)CC2(CC(=O)O)CCCCC2)cc1. The highest BCUT2D eigenvalue weighted by atomic mass is 16.5. The molecule has 2 rings (SSSR count). The maximum Gasteiger partial charge on any atom is 0.303 e. The van der Waals surface area contributed by atoms with Gasteiger partial charge in [-0.3, -0.25) is 4.79 Å². The number of benzene rings is 1. The van der Waals surface area contributed by atoms with Gasteiger partial charge in [-0.15, -0.1) is 0 Å². The molecule has 1 saturated carbocycles. The predicted octanol–water partition coefficient (Wildman–Crippen LogP) is 3.51. The molecule has 21 heavy (non-hydrogen) atoms. The molecular formula is C17H25NO3. The highest BCUT2D eigenvalue weighted by Gasteiger charge is 2.36. The summed E-state index contributed by atoms with van der Waals surface area (Å²) in [7, 11) is 1.64. The van der Waals surface area contributed by atoms with Gasteiger partial charge in [0.1, 0.15) is 5.75 Å². The number of rotatable bonds is 6. The molecule has 1 aromatic carbocycles. The molecule has 0 heterocycles. The molecule has 4 heteroatoms. The van der Waals surface area contributed by atoms with E-state index in [2.05, 4.69) is 0 Å². The van der Waals surface area contributed by atoms with Gasteiger partial charge in [-0.25, -0.2) is 0 Å². The Morgan fingerprint density at radius 2 is 1.90 bits per heavy atom. The Hall–Kier alpha value is -1.55. The van der Waals surface area contributed by atoms with Crippen LogP contribution in [0.15, 0.2) is 24.3 Å². The Morgan fingerprint density at radius 3 is 2.43 bits per heavy atom. The van der Waals surface area contributed by atoms with Crippen LogP contribution in [-0.2, 0) is 4.79 Å². The van der Waals surface area contributed by atoms with Crippen molar-refractivity contribution in [1.29, 1.82) is 0 Å². The fraction of sp³-hybridized carbons (Fsp3) is 0.588. The zero-order valence-electron chi connectivity index (χ0n) is 12.7. The minimum absolute atomic E-state index is 0.117. The molecule has 0 aliphatic heterocycles. The third-order valence-corrected chi connectivity index (χ3v) is 4.64. The van der Waals surface area contributed by atoms with Crippen LogP contribution in [0.3, 0.4) is 0 Å². The minimum Gasteiger partial charge on any atom is -0.497 e. The summed E-state index contributed by atoms with van der Waals surface area (Å²) in [6.45, 7) is 0. The molecule has 1 aliphatic rings. The fourth-order valence-corrected chi connectivity index (χ4v) is 3.51. The van der Waals surface area contributed by atoms with E-state index < -0.39 is 5.97 Å².